The summed E-state index contributed by atoms with van der Waals surface area (Å²) in [4.78, 5) is 29.9. The second-order valence-electron chi connectivity index (χ2n) is 4.86. The molecule has 112 valence electrons. The lowest BCUT2D eigenvalue weighted by Crippen LogP contribution is -2.53. The number of fused-ring (bicyclic) bond motifs is 2. The summed E-state index contributed by atoms with van der Waals surface area (Å²) in [7, 11) is 0. The predicted molar refractivity (Wildman–Crippen MR) is 87.8 cm³/mol. The van der Waals surface area contributed by atoms with Crippen molar-refractivity contribution in [3.63, 3.8) is 0 Å². The van der Waals surface area contributed by atoms with Gasteiger partial charge in [0.2, 0.25) is 5.91 Å². The van der Waals surface area contributed by atoms with Crippen LogP contribution in [0.4, 0.5) is 0 Å². The van der Waals surface area contributed by atoms with Crippen molar-refractivity contribution in [1.29, 1.82) is 0 Å². The van der Waals surface area contributed by atoms with Crippen molar-refractivity contribution in [2.45, 2.75) is 16.1 Å². The van der Waals surface area contributed by atoms with Crippen molar-refractivity contribution in [3.8, 4) is 0 Å². The Bertz CT molecular complexity index is 797. The minimum Gasteiger partial charge on any atom is -0.477 e. The predicted octanol–water partition coefficient (Wildman–Crippen LogP) is 2.99. The third-order valence-corrected chi connectivity index (χ3v) is 7.09. The first kappa shape index (κ1) is 14.1. The van der Waals surface area contributed by atoms with Gasteiger partial charge in [0.05, 0.1) is 22.0 Å². The third kappa shape index (κ3) is 2.22. The number of rotatable bonds is 3. The third-order valence-electron chi connectivity index (χ3n) is 3.51. The Hall–Kier alpha value is -1.51. The summed E-state index contributed by atoms with van der Waals surface area (Å²) in [5, 5.41) is 9.46. The first-order valence-corrected chi connectivity index (χ1v) is 9.25. The van der Waals surface area contributed by atoms with Gasteiger partial charge in [-0.15, -0.1) is 23.1 Å². The number of carbonyl (C=O) groups is 2. The quantitative estimate of drug-likeness (QED) is 0.858. The molecule has 3 heterocycles. The minimum absolute atomic E-state index is 0.0154. The van der Waals surface area contributed by atoms with Gasteiger partial charge in [-0.05, 0) is 12.1 Å². The minimum atomic E-state index is -1.04. The Morgan fingerprint density at radius 1 is 1.41 bits per heavy atom. The molecule has 1 atom stereocenters. The maximum atomic E-state index is 11.7. The van der Waals surface area contributed by atoms with E-state index in [0.29, 0.717) is 17.1 Å². The van der Waals surface area contributed by atoms with Crippen LogP contribution in [0.5, 0.6) is 0 Å². The maximum absolute atomic E-state index is 11.7. The van der Waals surface area contributed by atoms with Crippen LogP contribution in [0.1, 0.15) is 6.42 Å². The van der Waals surface area contributed by atoms with E-state index < -0.39 is 5.97 Å². The van der Waals surface area contributed by atoms with Gasteiger partial charge in [-0.1, -0.05) is 23.9 Å². The van der Waals surface area contributed by atoms with Crippen LogP contribution in [0.2, 0.25) is 0 Å². The van der Waals surface area contributed by atoms with Crippen LogP contribution in [0.3, 0.4) is 0 Å². The van der Waals surface area contributed by atoms with Gasteiger partial charge in [0.15, 0.2) is 4.34 Å². The summed E-state index contributed by atoms with van der Waals surface area (Å²) in [5.41, 5.74) is 1.04. The topological polar surface area (TPSA) is 70.5 Å². The monoisotopic (exact) mass is 350 g/mol. The highest BCUT2D eigenvalue weighted by Crippen LogP contribution is 2.45. The molecule has 5 nitrogen and oxygen atoms in total. The molecule has 1 aromatic heterocycles. The molecule has 1 N–H and O–H groups in total. The van der Waals surface area contributed by atoms with Crippen LogP contribution in [-0.4, -0.2) is 38.0 Å². The van der Waals surface area contributed by atoms with E-state index in [2.05, 4.69) is 4.98 Å². The highest BCUT2D eigenvalue weighted by molar-refractivity contribution is 8.07. The normalized spacial score (nSPS) is 21.0. The zero-order chi connectivity index (χ0) is 15.3. The van der Waals surface area contributed by atoms with Gasteiger partial charge in [-0.3, -0.25) is 9.69 Å². The van der Waals surface area contributed by atoms with E-state index >= 15 is 0 Å². The lowest BCUT2D eigenvalue weighted by molar-refractivity contribution is -0.146. The highest BCUT2D eigenvalue weighted by atomic mass is 32.2. The molecule has 4 rings (SSSR count). The molecular formula is C14H10N2O3S3. The van der Waals surface area contributed by atoms with Gasteiger partial charge in [0.25, 0.3) is 0 Å². The van der Waals surface area contributed by atoms with Crippen molar-refractivity contribution in [2.75, 3.05) is 5.75 Å². The number of thioether (sulfide) groups is 2. The molecule has 1 saturated heterocycles. The van der Waals surface area contributed by atoms with Gasteiger partial charge < -0.3 is 5.11 Å². The molecule has 1 aromatic carbocycles. The van der Waals surface area contributed by atoms with Gasteiger partial charge in [-0.2, -0.15) is 0 Å². The number of benzene rings is 1. The van der Waals surface area contributed by atoms with Crippen molar-refractivity contribution < 1.29 is 14.7 Å². The van der Waals surface area contributed by atoms with Crippen LogP contribution in [0.15, 0.2) is 39.2 Å². The second-order valence-corrected chi connectivity index (χ2v) is 8.40. The molecule has 0 spiro atoms. The lowest BCUT2D eigenvalue weighted by atomic mass is 10.1. The number of aromatic nitrogens is 1. The van der Waals surface area contributed by atoms with E-state index in [1.807, 2.05) is 24.3 Å². The van der Waals surface area contributed by atoms with Crippen LogP contribution in [-0.2, 0) is 9.59 Å². The van der Waals surface area contributed by atoms with Crippen LogP contribution in [0, 0.1) is 0 Å². The molecule has 2 aliphatic heterocycles. The fraction of sp³-hybridized carbons (Fsp3) is 0.214. The fourth-order valence-corrected chi connectivity index (χ4v) is 6.09. The number of carbonyl (C=O) groups excluding carboxylic acids is 1. The Labute approximate surface area is 138 Å². The van der Waals surface area contributed by atoms with E-state index in [0.717, 1.165) is 14.6 Å². The van der Waals surface area contributed by atoms with E-state index in [1.54, 1.807) is 11.8 Å². The fourth-order valence-electron chi connectivity index (χ4n) is 2.46. The summed E-state index contributed by atoms with van der Waals surface area (Å²) in [6.07, 6.45) is 0.431. The Kier molecular flexibility index (Phi) is 3.39. The molecular weight excluding hydrogens is 340 g/mol. The molecule has 0 aliphatic carbocycles. The van der Waals surface area contributed by atoms with Gasteiger partial charge in [-0.25, -0.2) is 9.78 Å². The smallest absolute Gasteiger partial charge is 0.353 e. The molecule has 2 aromatic rings. The summed E-state index contributed by atoms with van der Waals surface area (Å²) >= 11 is 4.51. The van der Waals surface area contributed by atoms with E-state index in [4.69, 9.17) is 0 Å². The number of β-lactam (4-membered cyclic amide) rings is 1. The highest BCUT2D eigenvalue weighted by Gasteiger charge is 2.45. The summed E-state index contributed by atoms with van der Waals surface area (Å²) < 4.78 is 1.88. The number of aliphatic carboxylic acids is 1. The number of carboxylic acids is 1. The number of nitrogens with zero attached hydrogens (tertiary/aromatic N) is 2. The largest absolute Gasteiger partial charge is 0.477 e. The van der Waals surface area contributed by atoms with Crippen molar-refractivity contribution in [2.24, 2.45) is 0 Å². The van der Waals surface area contributed by atoms with E-state index in [1.165, 1.54) is 28.0 Å². The Morgan fingerprint density at radius 2 is 2.23 bits per heavy atom. The van der Waals surface area contributed by atoms with Gasteiger partial charge in [0.1, 0.15) is 5.70 Å². The Morgan fingerprint density at radius 3 is 2.95 bits per heavy atom. The molecule has 0 saturated carbocycles. The summed E-state index contributed by atoms with van der Waals surface area (Å²) in [6, 6.07) is 7.82. The van der Waals surface area contributed by atoms with Crippen LogP contribution in [0.25, 0.3) is 10.2 Å². The molecule has 1 amide bonds. The number of carboxylic acid groups (broad SMARTS) is 1. The standard InChI is InChI=1S/C14H10N2O3S3/c17-10-5-11-16(10)12(13(18)19)9(6-20-11)22-14-15-7-3-1-2-4-8(7)21-14/h1-4,11H,5-6H2,(H,18,19)/t11-/m0/s1. The van der Waals surface area contributed by atoms with Crippen LogP contribution < -0.4 is 0 Å². The second kappa shape index (κ2) is 5.29. The molecule has 0 unspecified atom stereocenters. The zero-order valence-corrected chi connectivity index (χ0v) is 13.6. The molecule has 1 fully saturated rings. The SMILES string of the molecule is O=C(O)C1=C(Sc2nc3ccccc3s2)CS[C@H]2CC(=O)N12. The number of thiazole rings is 1. The number of hydrogen-bond donors (Lipinski definition) is 1. The number of hydrogen-bond acceptors (Lipinski definition) is 6. The first-order chi connectivity index (χ1) is 10.6. The van der Waals surface area contributed by atoms with Gasteiger partial charge >= 0.3 is 5.97 Å². The summed E-state index contributed by atoms with van der Waals surface area (Å²) in [5.74, 6) is -0.546. The zero-order valence-electron chi connectivity index (χ0n) is 11.2. The average molecular weight is 350 g/mol. The first-order valence-electron chi connectivity index (χ1n) is 6.57. The van der Waals surface area contributed by atoms with Crippen molar-refractivity contribution in [3.05, 3.63) is 34.9 Å². The summed E-state index contributed by atoms with van der Waals surface area (Å²) in [6.45, 7) is 0. The number of para-hydroxylation sites is 1. The van der Waals surface area contributed by atoms with Crippen LogP contribution >= 0.6 is 34.9 Å². The molecule has 8 heteroatoms. The number of amides is 1. The van der Waals surface area contributed by atoms with Crippen molar-refractivity contribution >= 4 is 57.0 Å². The molecule has 0 radical (unpaired) electrons. The molecule has 2 aliphatic rings. The van der Waals surface area contributed by atoms with Gasteiger partial charge in [0, 0.05) is 10.7 Å². The lowest BCUT2D eigenvalue weighted by Gasteiger charge is -2.43. The maximum Gasteiger partial charge on any atom is 0.353 e. The van der Waals surface area contributed by atoms with E-state index in [9.17, 15) is 14.7 Å². The average Bonchev–Trinajstić information content (AvgIpc) is 2.89. The van der Waals surface area contributed by atoms with E-state index in [-0.39, 0.29) is 17.0 Å². The van der Waals surface area contributed by atoms with Crippen molar-refractivity contribution in [1.82, 2.24) is 9.88 Å². The molecule has 0 bridgehead atoms. The Balaban J connectivity index is 1.71. The molecule has 22 heavy (non-hydrogen) atoms.